The molecule has 1 aliphatic rings. The van der Waals surface area contributed by atoms with Crippen molar-refractivity contribution in [2.75, 3.05) is 19.3 Å². The molecule has 1 fully saturated rings. The maximum atomic E-state index is 11.9. The molecule has 2 amide bonds. The van der Waals surface area contributed by atoms with Crippen molar-refractivity contribution in [1.29, 1.82) is 0 Å². The van der Waals surface area contributed by atoms with Gasteiger partial charge in [0, 0.05) is 19.5 Å². The van der Waals surface area contributed by atoms with Crippen LogP contribution < -0.4 is 4.72 Å². The van der Waals surface area contributed by atoms with E-state index in [4.69, 9.17) is 0 Å². The molecule has 1 aliphatic heterocycles. The number of nitrogens with one attached hydrogen (secondary N) is 1. The number of rotatable bonds is 5. The van der Waals surface area contributed by atoms with Gasteiger partial charge < -0.3 is 4.90 Å². The number of amides is 2. The smallest absolute Gasteiger partial charge is 0.238 e. The molecule has 0 aromatic heterocycles. The fourth-order valence-electron chi connectivity index (χ4n) is 2.34. The molecule has 1 aromatic carbocycles. The van der Waals surface area contributed by atoms with Crippen molar-refractivity contribution in [1.82, 2.24) is 9.62 Å². The van der Waals surface area contributed by atoms with E-state index in [1.54, 1.807) is 4.90 Å². The van der Waals surface area contributed by atoms with Crippen LogP contribution in [0.1, 0.15) is 12.0 Å². The van der Waals surface area contributed by atoms with E-state index in [-0.39, 0.29) is 18.9 Å². The van der Waals surface area contributed by atoms with E-state index in [1.165, 1.54) is 0 Å². The van der Waals surface area contributed by atoms with E-state index >= 15 is 0 Å². The molecule has 2 rings (SSSR count). The molecule has 1 saturated heterocycles. The SMILES string of the molecule is CS(=O)(=O)NC(=O)[C@H]1CC(=O)N(CCc2ccccc2)C1. The highest BCUT2D eigenvalue weighted by atomic mass is 32.2. The Morgan fingerprint density at radius 3 is 2.62 bits per heavy atom. The van der Waals surface area contributed by atoms with Gasteiger partial charge in [0.1, 0.15) is 0 Å². The van der Waals surface area contributed by atoms with Gasteiger partial charge in [0.05, 0.1) is 12.2 Å². The Balaban J connectivity index is 1.89. The summed E-state index contributed by atoms with van der Waals surface area (Å²) in [4.78, 5) is 25.2. The minimum atomic E-state index is -3.58. The van der Waals surface area contributed by atoms with Crippen LogP contribution in [0.4, 0.5) is 0 Å². The van der Waals surface area contributed by atoms with Crippen LogP contribution in [0.25, 0.3) is 0 Å². The maximum Gasteiger partial charge on any atom is 0.238 e. The van der Waals surface area contributed by atoms with Crippen LogP contribution in [-0.2, 0) is 26.0 Å². The van der Waals surface area contributed by atoms with Gasteiger partial charge in [-0.05, 0) is 12.0 Å². The summed E-state index contributed by atoms with van der Waals surface area (Å²) in [5, 5.41) is 0. The number of carbonyl (C=O) groups excluding carboxylic acids is 2. The molecule has 1 aromatic rings. The Morgan fingerprint density at radius 1 is 1.33 bits per heavy atom. The van der Waals surface area contributed by atoms with Gasteiger partial charge in [0.2, 0.25) is 21.8 Å². The summed E-state index contributed by atoms with van der Waals surface area (Å²) in [5.74, 6) is -1.31. The summed E-state index contributed by atoms with van der Waals surface area (Å²) in [6.07, 6.45) is 1.71. The quantitative estimate of drug-likeness (QED) is 0.839. The summed E-state index contributed by atoms with van der Waals surface area (Å²) in [6.45, 7) is 0.804. The molecule has 114 valence electrons. The summed E-state index contributed by atoms with van der Waals surface area (Å²) >= 11 is 0. The van der Waals surface area contributed by atoms with Crippen molar-refractivity contribution in [3.05, 3.63) is 35.9 Å². The highest BCUT2D eigenvalue weighted by Crippen LogP contribution is 2.18. The second-order valence-electron chi connectivity index (χ2n) is 5.21. The fraction of sp³-hybridized carbons (Fsp3) is 0.429. The summed E-state index contributed by atoms with van der Waals surface area (Å²) in [7, 11) is -3.58. The molecule has 1 N–H and O–H groups in total. The molecule has 1 atom stereocenters. The van der Waals surface area contributed by atoms with Gasteiger partial charge in [-0.3, -0.25) is 14.3 Å². The van der Waals surface area contributed by atoms with E-state index < -0.39 is 21.8 Å². The van der Waals surface area contributed by atoms with Gasteiger partial charge in [0.15, 0.2) is 0 Å². The number of likely N-dealkylation sites (tertiary alicyclic amines) is 1. The Hall–Kier alpha value is -1.89. The lowest BCUT2D eigenvalue weighted by atomic mass is 10.1. The molecule has 21 heavy (non-hydrogen) atoms. The lowest BCUT2D eigenvalue weighted by molar-refractivity contribution is -0.128. The fourth-order valence-corrected chi connectivity index (χ4v) is 2.87. The van der Waals surface area contributed by atoms with Crippen LogP contribution in [0.3, 0.4) is 0 Å². The zero-order valence-electron chi connectivity index (χ0n) is 11.8. The molecule has 0 radical (unpaired) electrons. The third-order valence-corrected chi connectivity index (χ3v) is 3.96. The average molecular weight is 310 g/mol. The molecule has 1 heterocycles. The van der Waals surface area contributed by atoms with Crippen LogP contribution in [0, 0.1) is 5.92 Å². The molecule has 6 nitrogen and oxygen atoms in total. The zero-order chi connectivity index (χ0) is 15.5. The largest absolute Gasteiger partial charge is 0.342 e. The first-order chi connectivity index (χ1) is 9.85. The van der Waals surface area contributed by atoms with Gasteiger partial charge in [-0.25, -0.2) is 8.42 Å². The number of hydrogen-bond acceptors (Lipinski definition) is 4. The lowest BCUT2D eigenvalue weighted by Gasteiger charge is -2.16. The predicted octanol–water partition coefficient (Wildman–Crippen LogP) is 0.153. The molecule has 0 saturated carbocycles. The van der Waals surface area contributed by atoms with E-state index in [0.29, 0.717) is 13.0 Å². The molecule has 7 heteroatoms. The molecule has 0 spiro atoms. The average Bonchev–Trinajstić information content (AvgIpc) is 2.77. The third-order valence-electron chi connectivity index (χ3n) is 3.38. The molecule has 0 aliphatic carbocycles. The third kappa shape index (κ3) is 4.56. The van der Waals surface area contributed by atoms with Crippen LogP contribution >= 0.6 is 0 Å². The van der Waals surface area contributed by atoms with Gasteiger partial charge in [-0.15, -0.1) is 0 Å². The maximum absolute atomic E-state index is 11.9. The number of nitrogens with zero attached hydrogens (tertiary/aromatic N) is 1. The van der Waals surface area contributed by atoms with Crippen molar-refractivity contribution in [2.24, 2.45) is 5.92 Å². The van der Waals surface area contributed by atoms with Gasteiger partial charge in [-0.2, -0.15) is 0 Å². The Kier molecular flexibility index (Phi) is 4.62. The van der Waals surface area contributed by atoms with Crippen LogP contribution in [0.15, 0.2) is 30.3 Å². The summed E-state index contributed by atoms with van der Waals surface area (Å²) in [6, 6.07) is 9.76. The molecular formula is C14H18N2O4S. The van der Waals surface area contributed by atoms with E-state index in [0.717, 1.165) is 11.8 Å². The van der Waals surface area contributed by atoms with Crippen LogP contribution in [0.5, 0.6) is 0 Å². The minimum absolute atomic E-state index is 0.0656. The van der Waals surface area contributed by atoms with Crippen LogP contribution in [-0.4, -0.2) is 44.5 Å². The first-order valence-corrected chi connectivity index (χ1v) is 8.57. The van der Waals surface area contributed by atoms with Gasteiger partial charge >= 0.3 is 0 Å². The molecule has 0 unspecified atom stereocenters. The van der Waals surface area contributed by atoms with Crippen molar-refractivity contribution >= 4 is 21.8 Å². The Labute approximate surface area is 124 Å². The van der Waals surface area contributed by atoms with E-state index in [9.17, 15) is 18.0 Å². The monoisotopic (exact) mass is 310 g/mol. The van der Waals surface area contributed by atoms with Gasteiger partial charge in [0.25, 0.3) is 0 Å². The molecular weight excluding hydrogens is 292 g/mol. The molecule has 0 bridgehead atoms. The van der Waals surface area contributed by atoms with Crippen molar-refractivity contribution in [2.45, 2.75) is 12.8 Å². The summed E-state index contributed by atoms with van der Waals surface area (Å²) in [5.41, 5.74) is 1.12. The lowest BCUT2D eigenvalue weighted by Crippen LogP contribution is -2.36. The number of carbonyl (C=O) groups is 2. The Bertz CT molecular complexity index is 628. The zero-order valence-corrected chi connectivity index (χ0v) is 12.6. The van der Waals surface area contributed by atoms with E-state index in [1.807, 2.05) is 35.1 Å². The minimum Gasteiger partial charge on any atom is -0.342 e. The number of benzene rings is 1. The normalized spacial score (nSPS) is 18.8. The Morgan fingerprint density at radius 2 is 2.00 bits per heavy atom. The van der Waals surface area contributed by atoms with Crippen molar-refractivity contribution in [3.8, 4) is 0 Å². The predicted molar refractivity (Wildman–Crippen MR) is 77.8 cm³/mol. The second kappa shape index (κ2) is 6.26. The topological polar surface area (TPSA) is 83.5 Å². The van der Waals surface area contributed by atoms with E-state index in [2.05, 4.69) is 0 Å². The standard InChI is InChI=1S/C14H18N2O4S/c1-21(19,20)15-14(18)12-9-13(17)16(10-12)8-7-11-5-3-2-4-6-11/h2-6,12H,7-10H2,1H3,(H,15,18)/t12-/m0/s1. The highest BCUT2D eigenvalue weighted by Gasteiger charge is 2.34. The van der Waals surface area contributed by atoms with Crippen LogP contribution in [0.2, 0.25) is 0 Å². The van der Waals surface area contributed by atoms with Gasteiger partial charge in [-0.1, -0.05) is 30.3 Å². The number of hydrogen-bond donors (Lipinski definition) is 1. The highest BCUT2D eigenvalue weighted by molar-refractivity contribution is 7.89. The summed E-state index contributed by atoms with van der Waals surface area (Å²) < 4.78 is 24.0. The van der Waals surface area contributed by atoms with Crippen molar-refractivity contribution < 1.29 is 18.0 Å². The number of sulfonamides is 1. The second-order valence-corrected chi connectivity index (χ2v) is 6.96. The van der Waals surface area contributed by atoms with Crippen molar-refractivity contribution in [3.63, 3.8) is 0 Å². The first kappa shape index (κ1) is 15.5. The first-order valence-electron chi connectivity index (χ1n) is 6.68.